The number of benzene rings is 1. The van der Waals surface area contributed by atoms with Crippen LogP contribution in [0.5, 0.6) is 0 Å². The Morgan fingerprint density at radius 1 is 1.30 bits per heavy atom. The van der Waals surface area contributed by atoms with Crippen molar-refractivity contribution in [3.05, 3.63) is 46.1 Å². The van der Waals surface area contributed by atoms with Crippen LogP contribution in [-0.4, -0.2) is 34.0 Å². The highest BCUT2D eigenvalue weighted by atomic mass is 35.5. The Balaban J connectivity index is 1.45. The molecule has 0 radical (unpaired) electrons. The predicted molar refractivity (Wildman–Crippen MR) is 101 cm³/mol. The second kappa shape index (κ2) is 9.06. The summed E-state index contributed by atoms with van der Waals surface area (Å²) < 4.78 is 0. The molecule has 27 heavy (non-hydrogen) atoms. The highest BCUT2D eigenvalue weighted by Gasteiger charge is 2.45. The lowest BCUT2D eigenvalue weighted by Crippen LogP contribution is -2.30. The normalized spacial score (nSPS) is 25.1. The smallest absolute Gasteiger partial charge is 0.303 e. The van der Waals surface area contributed by atoms with Gasteiger partial charge in [0, 0.05) is 17.1 Å². The van der Waals surface area contributed by atoms with E-state index in [-0.39, 0.29) is 12.3 Å². The summed E-state index contributed by atoms with van der Waals surface area (Å²) in [6.45, 7) is 0.340. The third kappa shape index (κ3) is 5.02. The fourth-order valence-electron chi connectivity index (χ4n) is 4.03. The maximum Gasteiger partial charge on any atom is 0.303 e. The van der Waals surface area contributed by atoms with Crippen LogP contribution in [-0.2, 0) is 9.63 Å². The molecule has 6 nitrogen and oxygen atoms in total. The van der Waals surface area contributed by atoms with E-state index in [4.69, 9.17) is 21.5 Å². The average Bonchev–Trinajstić information content (AvgIpc) is 2.87. The Bertz CT molecular complexity index is 690. The number of carboxylic acids is 1. The molecule has 4 N–H and O–H groups in total. The first-order valence-electron chi connectivity index (χ1n) is 9.38. The van der Waals surface area contributed by atoms with E-state index in [1.807, 2.05) is 12.1 Å². The van der Waals surface area contributed by atoms with Gasteiger partial charge in [0.25, 0.3) is 0 Å². The Labute approximate surface area is 163 Å². The number of allylic oxidation sites excluding steroid dienone is 1. The van der Waals surface area contributed by atoms with E-state index in [9.17, 15) is 15.0 Å². The molecule has 2 aliphatic rings. The maximum absolute atomic E-state index is 10.5. The highest BCUT2D eigenvalue weighted by Crippen LogP contribution is 2.51. The van der Waals surface area contributed by atoms with Gasteiger partial charge in [-0.3, -0.25) is 15.1 Å². The number of hydroxylamine groups is 1. The standard InChI is InChI=1S/C20H26ClNO5/c21-13-5-3-12(4-6-13)18(23)8-7-14-15-10-17(16(15)11-19(14)24)22-27-9-1-2-20(25)26/h3-6,14-15,18-19,22-24H,1-2,7-11H2,(H,25,26). The second-order valence-electron chi connectivity index (χ2n) is 7.34. The van der Waals surface area contributed by atoms with Gasteiger partial charge in [-0.1, -0.05) is 23.7 Å². The predicted octanol–water partition coefficient (Wildman–Crippen LogP) is 3.19. The number of hydrogen-bond donors (Lipinski definition) is 4. The molecule has 0 heterocycles. The molecule has 1 aromatic rings. The van der Waals surface area contributed by atoms with Crippen LogP contribution in [0.25, 0.3) is 0 Å². The summed E-state index contributed by atoms with van der Waals surface area (Å²) in [6, 6.07) is 7.20. The third-order valence-corrected chi connectivity index (χ3v) is 5.81. The third-order valence-electron chi connectivity index (χ3n) is 5.56. The zero-order chi connectivity index (χ0) is 19.4. The van der Waals surface area contributed by atoms with Gasteiger partial charge in [-0.05, 0) is 67.2 Å². The fourth-order valence-corrected chi connectivity index (χ4v) is 4.16. The molecule has 1 aromatic carbocycles. The number of aliphatic hydroxyl groups is 2. The van der Waals surface area contributed by atoms with E-state index in [1.54, 1.807) is 12.1 Å². The lowest BCUT2D eigenvalue weighted by atomic mass is 9.77. The van der Waals surface area contributed by atoms with Gasteiger partial charge in [0.05, 0.1) is 18.8 Å². The first kappa shape index (κ1) is 20.1. The van der Waals surface area contributed by atoms with Crippen LogP contribution in [0.15, 0.2) is 35.5 Å². The molecule has 0 aromatic heterocycles. The van der Waals surface area contributed by atoms with Gasteiger partial charge in [0.2, 0.25) is 0 Å². The van der Waals surface area contributed by atoms with Crippen LogP contribution in [0.3, 0.4) is 0 Å². The van der Waals surface area contributed by atoms with Crippen molar-refractivity contribution >= 4 is 17.6 Å². The topological polar surface area (TPSA) is 99.0 Å². The minimum Gasteiger partial charge on any atom is -0.481 e. The molecule has 3 rings (SSSR count). The Morgan fingerprint density at radius 3 is 2.74 bits per heavy atom. The maximum atomic E-state index is 10.5. The van der Waals surface area contributed by atoms with Crippen molar-refractivity contribution in [3.63, 3.8) is 0 Å². The monoisotopic (exact) mass is 395 g/mol. The Hall–Kier alpha value is -1.60. The Morgan fingerprint density at radius 2 is 2.04 bits per heavy atom. The van der Waals surface area contributed by atoms with Crippen molar-refractivity contribution in [3.8, 4) is 0 Å². The molecule has 1 saturated carbocycles. The molecule has 1 fully saturated rings. The van der Waals surface area contributed by atoms with Crippen LogP contribution in [0.1, 0.15) is 50.2 Å². The van der Waals surface area contributed by atoms with Gasteiger partial charge in [-0.2, -0.15) is 0 Å². The summed E-state index contributed by atoms with van der Waals surface area (Å²) in [5.41, 5.74) is 5.97. The summed E-state index contributed by atoms with van der Waals surface area (Å²) >= 11 is 5.88. The molecule has 0 amide bonds. The molecule has 0 aliphatic heterocycles. The average molecular weight is 396 g/mol. The van der Waals surface area contributed by atoms with Gasteiger partial charge in [-0.15, -0.1) is 0 Å². The van der Waals surface area contributed by atoms with Crippen LogP contribution in [0.4, 0.5) is 0 Å². The number of carboxylic acid groups (broad SMARTS) is 1. The molecule has 0 bridgehead atoms. The van der Waals surface area contributed by atoms with E-state index >= 15 is 0 Å². The molecule has 0 spiro atoms. The largest absolute Gasteiger partial charge is 0.481 e. The van der Waals surface area contributed by atoms with E-state index in [2.05, 4.69) is 5.48 Å². The molecule has 4 unspecified atom stereocenters. The number of carbonyl (C=O) groups is 1. The fraction of sp³-hybridized carbons (Fsp3) is 0.550. The summed E-state index contributed by atoms with van der Waals surface area (Å²) in [7, 11) is 0. The minimum absolute atomic E-state index is 0.0902. The van der Waals surface area contributed by atoms with E-state index in [0.29, 0.717) is 36.8 Å². The van der Waals surface area contributed by atoms with Crippen LogP contribution in [0, 0.1) is 11.8 Å². The van der Waals surface area contributed by atoms with Crippen LogP contribution >= 0.6 is 11.6 Å². The first-order chi connectivity index (χ1) is 13.0. The van der Waals surface area contributed by atoms with E-state index in [0.717, 1.165) is 24.1 Å². The van der Waals surface area contributed by atoms with Gasteiger partial charge in [-0.25, -0.2) is 0 Å². The van der Waals surface area contributed by atoms with Gasteiger partial charge >= 0.3 is 5.97 Å². The molecular weight excluding hydrogens is 370 g/mol. The highest BCUT2D eigenvalue weighted by molar-refractivity contribution is 6.30. The van der Waals surface area contributed by atoms with Gasteiger partial charge < -0.3 is 15.3 Å². The number of hydrogen-bond acceptors (Lipinski definition) is 5. The van der Waals surface area contributed by atoms with Gasteiger partial charge in [0.15, 0.2) is 0 Å². The first-order valence-corrected chi connectivity index (χ1v) is 9.76. The van der Waals surface area contributed by atoms with Crippen LogP contribution < -0.4 is 5.48 Å². The zero-order valence-electron chi connectivity index (χ0n) is 15.1. The zero-order valence-corrected chi connectivity index (χ0v) is 15.9. The molecular formula is C20H26ClNO5. The lowest BCUT2D eigenvalue weighted by Gasteiger charge is -2.33. The molecule has 148 valence electrons. The lowest BCUT2D eigenvalue weighted by molar-refractivity contribution is -0.137. The van der Waals surface area contributed by atoms with Crippen molar-refractivity contribution in [1.29, 1.82) is 0 Å². The van der Waals surface area contributed by atoms with Crippen molar-refractivity contribution in [2.45, 2.75) is 50.7 Å². The quantitative estimate of drug-likeness (QED) is 0.358. The van der Waals surface area contributed by atoms with Crippen LogP contribution in [0.2, 0.25) is 5.02 Å². The second-order valence-corrected chi connectivity index (χ2v) is 7.78. The van der Waals surface area contributed by atoms with Crippen molar-refractivity contribution in [2.75, 3.05) is 6.61 Å². The molecule has 4 atom stereocenters. The number of fused-ring (bicyclic) bond motifs is 1. The summed E-state index contributed by atoms with van der Waals surface area (Å²) in [4.78, 5) is 15.8. The van der Waals surface area contributed by atoms with E-state index in [1.165, 1.54) is 5.57 Å². The van der Waals surface area contributed by atoms with Crippen molar-refractivity contribution in [1.82, 2.24) is 5.48 Å². The van der Waals surface area contributed by atoms with Gasteiger partial charge in [0.1, 0.15) is 0 Å². The summed E-state index contributed by atoms with van der Waals surface area (Å²) in [5, 5.41) is 30.0. The SMILES string of the molecule is O=C(O)CCCONC1=C2CC(O)C(CCC(O)c3ccc(Cl)cc3)C2C1. The number of rotatable bonds is 10. The van der Waals surface area contributed by atoms with Crippen molar-refractivity contribution in [2.24, 2.45) is 11.8 Å². The number of halogens is 1. The summed E-state index contributed by atoms with van der Waals surface area (Å²) in [5.74, 6) is -0.339. The minimum atomic E-state index is -0.827. The summed E-state index contributed by atoms with van der Waals surface area (Å²) in [6.07, 6.45) is 2.41. The number of aliphatic carboxylic acids is 1. The Kier molecular flexibility index (Phi) is 6.76. The van der Waals surface area contributed by atoms with E-state index < -0.39 is 18.2 Å². The number of nitrogens with one attached hydrogen (secondary N) is 1. The molecule has 2 aliphatic carbocycles. The molecule has 7 heteroatoms. The molecule has 0 saturated heterocycles. The van der Waals surface area contributed by atoms with Crippen molar-refractivity contribution < 1.29 is 25.0 Å². The number of aliphatic hydroxyl groups excluding tert-OH is 2.